The van der Waals surface area contributed by atoms with Gasteiger partial charge in [-0.2, -0.15) is 5.26 Å². The number of hydrogen-bond acceptors (Lipinski definition) is 3. The number of nitrogens with zero attached hydrogens (tertiary/aromatic N) is 3. The Morgan fingerprint density at radius 1 is 1.26 bits per heavy atom. The Balaban J connectivity index is 1.81. The van der Waals surface area contributed by atoms with Gasteiger partial charge in [-0.25, -0.2) is 0 Å². The highest BCUT2D eigenvalue weighted by molar-refractivity contribution is 5.14. The van der Waals surface area contributed by atoms with Gasteiger partial charge in [-0.05, 0) is 24.8 Å². The zero-order valence-electron chi connectivity index (χ0n) is 11.8. The maximum Gasteiger partial charge on any atom is 0.179 e. The average molecular weight is 257 g/mol. The molecule has 0 aliphatic carbocycles. The second kappa shape index (κ2) is 7.16. The maximum atomic E-state index is 9.17. The third-order valence-electron chi connectivity index (χ3n) is 3.84. The Morgan fingerprint density at radius 2 is 1.95 bits per heavy atom. The SMILES string of the molecule is CCCN(C#N)C1CCN(Cc2ccccc2)CC1. The lowest BCUT2D eigenvalue weighted by molar-refractivity contribution is 0.141. The topological polar surface area (TPSA) is 30.3 Å². The van der Waals surface area contributed by atoms with Crippen molar-refractivity contribution in [2.24, 2.45) is 0 Å². The van der Waals surface area contributed by atoms with Crippen molar-refractivity contribution in [3.05, 3.63) is 35.9 Å². The van der Waals surface area contributed by atoms with Crippen molar-refractivity contribution in [2.75, 3.05) is 19.6 Å². The van der Waals surface area contributed by atoms with Crippen molar-refractivity contribution in [2.45, 2.75) is 38.8 Å². The molecule has 0 spiro atoms. The molecule has 1 aromatic carbocycles. The molecule has 0 radical (unpaired) electrons. The number of benzene rings is 1. The van der Waals surface area contributed by atoms with Crippen LogP contribution in [0.1, 0.15) is 31.7 Å². The molecule has 0 saturated carbocycles. The summed E-state index contributed by atoms with van der Waals surface area (Å²) in [4.78, 5) is 4.47. The van der Waals surface area contributed by atoms with E-state index in [-0.39, 0.29) is 0 Å². The molecule has 0 N–H and O–H groups in total. The van der Waals surface area contributed by atoms with Gasteiger partial charge in [0.1, 0.15) is 0 Å². The summed E-state index contributed by atoms with van der Waals surface area (Å²) in [5.41, 5.74) is 1.38. The molecule has 1 aliphatic rings. The van der Waals surface area contributed by atoms with Crippen molar-refractivity contribution in [1.29, 1.82) is 5.26 Å². The lowest BCUT2D eigenvalue weighted by Gasteiger charge is -2.35. The van der Waals surface area contributed by atoms with Gasteiger partial charge in [0.2, 0.25) is 0 Å². The molecule has 0 atom stereocenters. The Hall–Kier alpha value is -1.53. The second-order valence-corrected chi connectivity index (χ2v) is 5.29. The highest BCUT2D eigenvalue weighted by Crippen LogP contribution is 2.18. The fourth-order valence-corrected chi connectivity index (χ4v) is 2.79. The van der Waals surface area contributed by atoms with Crippen LogP contribution >= 0.6 is 0 Å². The molecule has 2 rings (SSSR count). The lowest BCUT2D eigenvalue weighted by atomic mass is 10.0. The van der Waals surface area contributed by atoms with E-state index in [0.717, 1.165) is 45.4 Å². The Bertz CT molecular complexity index is 402. The minimum absolute atomic E-state index is 0.456. The first-order valence-electron chi connectivity index (χ1n) is 7.26. The highest BCUT2D eigenvalue weighted by atomic mass is 15.2. The molecule has 0 bridgehead atoms. The molecule has 1 heterocycles. The van der Waals surface area contributed by atoms with Gasteiger partial charge < -0.3 is 4.90 Å². The molecular weight excluding hydrogens is 234 g/mol. The van der Waals surface area contributed by atoms with Crippen LogP contribution < -0.4 is 0 Å². The molecule has 0 unspecified atom stereocenters. The summed E-state index contributed by atoms with van der Waals surface area (Å²) in [6.07, 6.45) is 5.63. The standard InChI is InChI=1S/C16H23N3/c1-2-10-19(14-17)16-8-11-18(12-9-16)13-15-6-4-3-5-7-15/h3-7,16H,2,8-13H2,1H3. The van der Waals surface area contributed by atoms with Gasteiger partial charge in [0, 0.05) is 32.2 Å². The van der Waals surface area contributed by atoms with Crippen LogP contribution in [0.25, 0.3) is 0 Å². The van der Waals surface area contributed by atoms with E-state index >= 15 is 0 Å². The fourth-order valence-electron chi connectivity index (χ4n) is 2.79. The zero-order chi connectivity index (χ0) is 13.5. The summed E-state index contributed by atoms with van der Waals surface area (Å²) in [7, 11) is 0. The van der Waals surface area contributed by atoms with E-state index in [0.29, 0.717) is 6.04 Å². The molecule has 0 aromatic heterocycles. The van der Waals surface area contributed by atoms with Crippen molar-refractivity contribution < 1.29 is 0 Å². The van der Waals surface area contributed by atoms with Crippen LogP contribution in [0.15, 0.2) is 30.3 Å². The van der Waals surface area contributed by atoms with Crippen molar-refractivity contribution in [3.8, 4) is 6.19 Å². The van der Waals surface area contributed by atoms with E-state index in [1.807, 2.05) is 4.90 Å². The van der Waals surface area contributed by atoms with Gasteiger partial charge in [-0.3, -0.25) is 4.90 Å². The minimum Gasteiger partial charge on any atom is -0.308 e. The number of nitriles is 1. The van der Waals surface area contributed by atoms with Crippen LogP contribution in [0.5, 0.6) is 0 Å². The Morgan fingerprint density at radius 3 is 2.53 bits per heavy atom. The van der Waals surface area contributed by atoms with Crippen LogP contribution in [0.3, 0.4) is 0 Å². The zero-order valence-corrected chi connectivity index (χ0v) is 11.8. The number of likely N-dealkylation sites (tertiary alicyclic amines) is 1. The van der Waals surface area contributed by atoms with Crippen LogP contribution in [-0.2, 0) is 6.54 Å². The summed E-state index contributed by atoms with van der Waals surface area (Å²) in [5.74, 6) is 0. The van der Waals surface area contributed by atoms with E-state index in [4.69, 9.17) is 0 Å². The maximum absolute atomic E-state index is 9.17. The summed E-state index contributed by atoms with van der Waals surface area (Å²) in [6, 6.07) is 11.1. The van der Waals surface area contributed by atoms with E-state index in [1.54, 1.807) is 0 Å². The molecular formula is C16H23N3. The van der Waals surface area contributed by atoms with Crippen molar-refractivity contribution in [1.82, 2.24) is 9.80 Å². The molecule has 102 valence electrons. The third-order valence-corrected chi connectivity index (χ3v) is 3.84. The first kappa shape index (κ1) is 13.9. The third kappa shape index (κ3) is 3.97. The molecule has 1 aromatic rings. The Kier molecular flexibility index (Phi) is 5.23. The van der Waals surface area contributed by atoms with Crippen molar-refractivity contribution in [3.63, 3.8) is 0 Å². The quantitative estimate of drug-likeness (QED) is 0.600. The molecule has 1 saturated heterocycles. The molecule has 1 fully saturated rings. The van der Waals surface area contributed by atoms with Gasteiger partial charge in [0.25, 0.3) is 0 Å². The first-order chi connectivity index (χ1) is 9.33. The molecule has 1 aliphatic heterocycles. The fraction of sp³-hybridized carbons (Fsp3) is 0.562. The number of hydrogen-bond donors (Lipinski definition) is 0. The number of piperidine rings is 1. The normalized spacial score (nSPS) is 17.1. The van der Waals surface area contributed by atoms with Crippen LogP contribution in [0.2, 0.25) is 0 Å². The van der Waals surface area contributed by atoms with Gasteiger partial charge in [-0.1, -0.05) is 37.3 Å². The summed E-state index contributed by atoms with van der Waals surface area (Å²) in [6.45, 7) is 6.27. The van der Waals surface area contributed by atoms with E-state index in [9.17, 15) is 5.26 Å². The molecule has 3 nitrogen and oxygen atoms in total. The summed E-state index contributed by atoms with van der Waals surface area (Å²) >= 11 is 0. The smallest absolute Gasteiger partial charge is 0.179 e. The van der Waals surface area contributed by atoms with Gasteiger partial charge in [0.05, 0.1) is 0 Å². The monoisotopic (exact) mass is 257 g/mol. The van der Waals surface area contributed by atoms with Gasteiger partial charge in [0.15, 0.2) is 6.19 Å². The lowest BCUT2D eigenvalue weighted by Crippen LogP contribution is -2.43. The van der Waals surface area contributed by atoms with Crippen LogP contribution in [0, 0.1) is 11.5 Å². The van der Waals surface area contributed by atoms with Crippen LogP contribution in [0.4, 0.5) is 0 Å². The molecule has 19 heavy (non-hydrogen) atoms. The largest absolute Gasteiger partial charge is 0.308 e. The number of rotatable bonds is 5. The summed E-state index contributed by atoms with van der Waals surface area (Å²) in [5, 5.41) is 9.17. The molecule has 0 amide bonds. The predicted octanol–water partition coefficient (Wildman–Crippen LogP) is 2.84. The van der Waals surface area contributed by atoms with Crippen molar-refractivity contribution >= 4 is 0 Å². The first-order valence-corrected chi connectivity index (χ1v) is 7.26. The minimum atomic E-state index is 0.456. The summed E-state index contributed by atoms with van der Waals surface area (Å²) < 4.78 is 0. The average Bonchev–Trinajstić information content (AvgIpc) is 2.47. The van der Waals surface area contributed by atoms with Crippen LogP contribution in [-0.4, -0.2) is 35.5 Å². The molecule has 3 heteroatoms. The van der Waals surface area contributed by atoms with Gasteiger partial charge >= 0.3 is 0 Å². The van der Waals surface area contributed by atoms with E-state index < -0.39 is 0 Å². The van der Waals surface area contributed by atoms with E-state index in [2.05, 4.69) is 48.3 Å². The Labute approximate surface area is 116 Å². The predicted molar refractivity (Wildman–Crippen MR) is 77.4 cm³/mol. The second-order valence-electron chi connectivity index (χ2n) is 5.29. The van der Waals surface area contributed by atoms with Gasteiger partial charge in [-0.15, -0.1) is 0 Å². The highest BCUT2D eigenvalue weighted by Gasteiger charge is 2.23. The van der Waals surface area contributed by atoms with E-state index in [1.165, 1.54) is 5.56 Å².